The fourth-order valence-electron chi connectivity index (χ4n) is 1.94. The molecule has 0 aromatic heterocycles. The van der Waals surface area contributed by atoms with Gasteiger partial charge in [-0.15, -0.1) is 0 Å². The Labute approximate surface area is 134 Å². The SMILES string of the molecule is COc1ccc(NC(=O)CNc2ccc(C#N)cc2)c(OC)c1. The Morgan fingerprint density at radius 1 is 1.13 bits per heavy atom. The number of carbonyl (C=O) groups is 1. The maximum absolute atomic E-state index is 12.0. The molecular formula is C17H17N3O3. The highest BCUT2D eigenvalue weighted by molar-refractivity contribution is 5.95. The van der Waals surface area contributed by atoms with Crippen molar-refractivity contribution in [2.75, 3.05) is 31.4 Å². The van der Waals surface area contributed by atoms with Crippen LogP contribution in [-0.4, -0.2) is 26.7 Å². The van der Waals surface area contributed by atoms with Crippen LogP contribution in [0.2, 0.25) is 0 Å². The van der Waals surface area contributed by atoms with Gasteiger partial charge in [0.1, 0.15) is 11.5 Å². The molecule has 0 bridgehead atoms. The fourth-order valence-corrected chi connectivity index (χ4v) is 1.94. The minimum absolute atomic E-state index is 0.0983. The highest BCUT2D eigenvalue weighted by Crippen LogP contribution is 2.28. The van der Waals surface area contributed by atoms with Gasteiger partial charge in [0.05, 0.1) is 38.1 Å². The second-order valence-electron chi connectivity index (χ2n) is 4.66. The molecule has 0 fully saturated rings. The Hall–Kier alpha value is -3.20. The van der Waals surface area contributed by atoms with Gasteiger partial charge in [0.15, 0.2) is 0 Å². The molecule has 0 spiro atoms. The third-order valence-electron chi connectivity index (χ3n) is 3.15. The summed E-state index contributed by atoms with van der Waals surface area (Å²) in [5.41, 5.74) is 1.91. The number of hydrogen-bond acceptors (Lipinski definition) is 5. The third kappa shape index (κ3) is 4.38. The molecule has 2 rings (SSSR count). The van der Waals surface area contributed by atoms with Crippen LogP contribution in [0.3, 0.4) is 0 Å². The highest BCUT2D eigenvalue weighted by Gasteiger charge is 2.08. The molecule has 0 saturated heterocycles. The predicted molar refractivity (Wildman–Crippen MR) is 87.8 cm³/mol. The zero-order chi connectivity index (χ0) is 16.7. The van der Waals surface area contributed by atoms with Crippen molar-refractivity contribution < 1.29 is 14.3 Å². The zero-order valence-corrected chi connectivity index (χ0v) is 12.9. The molecule has 2 aromatic carbocycles. The van der Waals surface area contributed by atoms with E-state index in [-0.39, 0.29) is 12.5 Å². The van der Waals surface area contributed by atoms with E-state index in [0.717, 1.165) is 5.69 Å². The van der Waals surface area contributed by atoms with E-state index in [1.807, 2.05) is 6.07 Å². The molecule has 6 nitrogen and oxygen atoms in total. The maximum Gasteiger partial charge on any atom is 0.243 e. The lowest BCUT2D eigenvalue weighted by atomic mass is 10.2. The Morgan fingerprint density at radius 2 is 1.87 bits per heavy atom. The van der Waals surface area contributed by atoms with Gasteiger partial charge in [0.2, 0.25) is 5.91 Å². The summed E-state index contributed by atoms with van der Waals surface area (Å²) in [6, 6.07) is 14.1. The lowest BCUT2D eigenvalue weighted by Crippen LogP contribution is -2.22. The summed E-state index contributed by atoms with van der Waals surface area (Å²) in [6.45, 7) is 0.0983. The Kier molecular flexibility index (Phi) is 5.42. The summed E-state index contributed by atoms with van der Waals surface area (Å²) in [7, 11) is 3.09. The van der Waals surface area contributed by atoms with Gasteiger partial charge >= 0.3 is 0 Å². The van der Waals surface area contributed by atoms with Gasteiger partial charge in [-0.05, 0) is 36.4 Å². The number of methoxy groups -OCH3 is 2. The zero-order valence-electron chi connectivity index (χ0n) is 12.9. The number of amides is 1. The number of nitrogens with one attached hydrogen (secondary N) is 2. The van der Waals surface area contributed by atoms with Crippen molar-refractivity contribution in [1.82, 2.24) is 0 Å². The van der Waals surface area contributed by atoms with Crippen LogP contribution in [0.1, 0.15) is 5.56 Å². The smallest absolute Gasteiger partial charge is 0.243 e. The van der Waals surface area contributed by atoms with E-state index in [2.05, 4.69) is 10.6 Å². The molecule has 0 heterocycles. The standard InChI is InChI=1S/C17H17N3O3/c1-22-14-7-8-15(16(9-14)23-2)20-17(21)11-19-13-5-3-12(10-18)4-6-13/h3-9,19H,11H2,1-2H3,(H,20,21). The molecule has 0 atom stereocenters. The van der Waals surface area contributed by atoms with Crippen LogP contribution in [0.4, 0.5) is 11.4 Å². The number of nitrogens with zero attached hydrogens (tertiary/aromatic N) is 1. The average molecular weight is 311 g/mol. The Morgan fingerprint density at radius 3 is 2.48 bits per heavy atom. The van der Waals surface area contributed by atoms with Gasteiger partial charge in [0, 0.05) is 11.8 Å². The van der Waals surface area contributed by atoms with Crippen molar-refractivity contribution in [2.45, 2.75) is 0 Å². The van der Waals surface area contributed by atoms with Crippen molar-refractivity contribution in [2.24, 2.45) is 0 Å². The lowest BCUT2D eigenvalue weighted by Gasteiger charge is -2.12. The normalized spacial score (nSPS) is 9.61. The second-order valence-corrected chi connectivity index (χ2v) is 4.66. The molecule has 0 unspecified atom stereocenters. The Bertz CT molecular complexity index is 721. The number of nitriles is 1. The van der Waals surface area contributed by atoms with Crippen molar-refractivity contribution in [1.29, 1.82) is 5.26 Å². The van der Waals surface area contributed by atoms with Crippen molar-refractivity contribution in [3.63, 3.8) is 0 Å². The second kappa shape index (κ2) is 7.71. The Balaban J connectivity index is 1.95. The number of rotatable bonds is 6. The van der Waals surface area contributed by atoms with E-state index < -0.39 is 0 Å². The number of anilines is 2. The van der Waals surface area contributed by atoms with E-state index in [1.54, 1.807) is 49.6 Å². The van der Waals surface area contributed by atoms with Gasteiger partial charge in [-0.3, -0.25) is 4.79 Å². The first-order valence-corrected chi connectivity index (χ1v) is 6.92. The molecule has 0 saturated carbocycles. The minimum atomic E-state index is -0.210. The van der Waals surface area contributed by atoms with Crippen molar-refractivity contribution >= 4 is 17.3 Å². The summed E-state index contributed by atoms with van der Waals surface area (Å²) in [4.78, 5) is 12.0. The summed E-state index contributed by atoms with van der Waals surface area (Å²) in [5.74, 6) is 0.962. The van der Waals surface area contributed by atoms with E-state index in [1.165, 1.54) is 7.11 Å². The molecule has 6 heteroatoms. The van der Waals surface area contributed by atoms with Crippen LogP contribution in [0.5, 0.6) is 11.5 Å². The number of hydrogen-bond donors (Lipinski definition) is 2. The molecule has 1 amide bonds. The summed E-state index contributed by atoms with van der Waals surface area (Å²) >= 11 is 0. The largest absolute Gasteiger partial charge is 0.497 e. The van der Waals surface area contributed by atoms with E-state index >= 15 is 0 Å². The van der Waals surface area contributed by atoms with E-state index in [9.17, 15) is 4.79 Å². The molecule has 2 N–H and O–H groups in total. The van der Waals surface area contributed by atoms with Crippen LogP contribution in [0.25, 0.3) is 0 Å². The van der Waals surface area contributed by atoms with Crippen LogP contribution in [-0.2, 0) is 4.79 Å². The molecule has 23 heavy (non-hydrogen) atoms. The van der Waals surface area contributed by atoms with Gasteiger partial charge in [-0.25, -0.2) is 0 Å². The molecule has 0 aliphatic carbocycles. The lowest BCUT2D eigenvalue weighted by molar-refractivity contribution is -0.114. The molecule has 2 aromatic rings. The number of ether oxygens (including phenoxy) is 2. The van der Waals surface area contributed by atoms with Crippen LogP contribution in [0.15, 0.2) is 42.5 Å². The molecule has 118 valence electrons. The molecule has 0 aliphatic heterocycles. The topological polar surface area (TPSA) is 83.4 Å². The predicted octanol–water partition coefficient (Wildman–Crippen LogP) is 2.63. The fraction of sp³-hybridized carbons (Fsp3) is 0.176. The average Bonchev–Trinajstić information content (AvgIpc) is 2.60. The third-order valence-corrected chi connectivity index (χ3v) is 3.15. The van der Waals surface area contributed by atoms with E-state index in [4.69, 9.17) is 14.7 Å². The first kappa shape index (κ1) is 16.2. The molecular weight excluding hydrogens is 294 g/mol. The highest BCUT2D eigenvalue weighted by atomic mass is 16.5. The first-order chi connectivity index (χ1) is 11.2. The van der Waals surface area contributed by atoms with Gasteiger partial charge in [0.25, 0.3) is 0 Å². The minimum Gasteiger partial charge on any atom is -0.497 e. The van der Waals surface area contributed by atoms with Gasteiger partial charge < -0.3 is 20.1 Å². The van der Waals surface area contributed by atoms with E-state index in [0.29, 0.717) is 22.7 Å². The number of carbonyl (C=O) groups excluding carboxylic acids is 1. The van der Waals surface area contributed by atoms with Crippen LogP contribution >= 0.6 is 0 Å². The van der Waals surface area contributed by atoms with Crippen LogP contribution in [0, 0.1) is 11.3 Å². The quantitative estimate of drug-likeness (QED) is 0.857. The van der Waals surface area contributed by atoms with Gasteiger partial charge in [-0.2, -0.15) is 5.26 Å². The van der Waals surface area contributed by atoms with Gasteiger partial charge in [-0.1, -0.05) is 0 Å². The monoisotopic (exact) mass is 311 g/mol. The summed E-state index contributed by atoms with van der Waals surface area (Å²) in [5, 5.41) is 14.5. The van der Waals surface area contributed by atoms with Crippen molar-refractivity contribution in [3.05, 3.63) is 48.0 Å². The number of benzene rings is 2. The molecule has 0 aliphatic rings. The maximum atomic E-state index is 12.0. The van der Waals surface area contributed by atoms with Crippen LogP contribution < -0.4 is 20.1 Å². The summed E-state index contributed by atoms with van der Waals surface area (Å²) in [6.07, 6.45) is 0. The molecule has 0 radical (unpaired) electrons. The first-order valence-electron chi connectivity index (χ1n) is 6.92. The van der Waals surface area contributed by atoms with Crippen molar-refractivity contribution in [3.8, 4) is 17.6 Å². The summed E-state index contributed by atoms with van der Waals surface area (Å²) < 4.78 is 10.3.